The van der Waals surface area contributed by atoms with E-state index in [1.807, 2.05) is 0 Å². The van der Waals surface area contributed by atoms with Gasteiger partial charge in [0.2, 0.25) is 0 Å². The zero-order valence-electron chi connectivity index (χ0n) is 17.9. The van der Waals surface area contributed by atoms with Crippen molar-refractivity contribution in [1.29, 1.82) is 0 Å². The average Bonchev–Trinajstić information content (AvgIpc) is 2.67. The van der Waals surface area contributed by atoms with Gasteiger partial charge in [0.25, 0.3) is 0 Å². The number of nitrogens with one attached hydrogen (secondary N) is 1. The molecule has 2 atom stereocenters. The lowest BCUT2D eigenvalue weighted by molar-refractivity contribution is 0.0776. The molecule has 0 spiro atoms. The fraction of sp³-hybridized carbons (Fsp3) is 1.00. The molecule has 0 amide bonds. The van der Waals surface area contributed by atoms with E-state index < -0.39 is 0 Å². The number of hydrogen-bond acceptors (Lipinski definition) is 3. The van der Waals surface area contributed by atoms with Gasteiger partial charge in [-0.05, 0) is 97.3 Å². The van der Waals surface area contributed by atoms with Crippen LogP contribution in [0.1, 0.15) is 83.5 Å². The third-order valence-electron chi connectivity index (χ3n) is 7.65. The van der Waals surface area contributed by atoms with Gasteiger partial charge in [-0.1, -0.05) is 25.7 Å². The highest BCUT2D eigenvalue weighted by atomic mass is 15.2. The van der Waals surface area contributed by atoms with Gasteiger partial charge in [-0.25, -0.2) is 0 Å². The third kappa shape index (κ3) is 6.21. The molecule has 0 aromatic heterocycles. The maximum atomic E-state index is 3.93. The summed E-state index contributed by atoms with van der Waals surface area (Å²) < 4.78 is 0. The van der Waals surface area contributed by atoms with Gasteiger partial charge in [0.05, 0.1) is 0 Å². The van der Waals surface area contributed by atoms with E-state index in [1.165, 1.54) is 96.6 Å². The highest BCUT2D eigenvalue weighted by molar-refractivity contribution is 4.87. The zero-order chi connectivity index (χ0) is 18.4. The highest BCUT2D eigenvalue weighted by Gasteiger charge is 2.31. The summed E-state index contributed by atoms with van der Waals surface area (Å²) in [6, 6.07) is 2.52. The summed E-state index contributed by atoms with van der Waals surface area (Å²) in [6.07, 6.45) is 18.7. The smallest absolute Gasteiger partial charge is 0.00982 e. The predicted molar refractivity (Wildman–Crippen MR) is 113 cm³/mol. The minimum atomic E-state index is 0.828. The Labute approximate surface area is 163 Å². The molecule has 0 aliphatic heterocycles. The lowest BCUT2D eigenvalue weighted by atomic mass is 9.81. The summed E-state index contributed by atoms with van der Waals surface area (Å²) in [4.78, 5) is 5.18. The topological polar surface area (TPSA) is 18.5 Å². The lowest BCUT2D eigenvalue weighted by Crippen LogP contribution is -2.46. The Morgan fingerprint density at radius 2 is 1.42 bits per heavy atom. The fourth-order valence-corrected chi connectivity index (χ4v) is 6.01. The second-order valence-electron chi connectivity index (χ2n) is 10.0. The molecule has 0 aromatic carbocycles. The normalized spacial score (nSPS) is 34.5. The minimum Gasteiger partial charge on any atom is -0.314 e. The van der Waals surface area contributed by atoms with Gasteiger partial charge in [0.1, 0.15) is 0 Å². The lowest BCUT2D eigenvalue weighted by Gasteiger charge is -2.43. The summed E-state index contributed by atoms with van der Waals surface area (Å²) in [7, 11) is 6.89. The second kappa shape index (κ2) is 10.4. The van der Waals surface area contributed by atoms with Crippen LogP contribution in [0, 0.1) is 11.8 Å². The summed E-state index contributed by atoms with van der Waals surface area (Å²) in [6.45, 7) is 2.57. The average molecular weight is 364 g/mol. The van der Waals surface area contributed by atoms with Crippen LogP contribution in [0.15, 0.2) is 0 Å². The van der Waals surface area contributed by atoms with E-state index in [1.54, 1.807) is 0 Å². The maximum absolute atomic E-state index is 3.93. The van der Waals surface area contributed by atoms with E-state index in [9.17, 15) is 0 Å². The van der Waals surface area contributed by atoms with E-state index in [2.05, 4.69) is 36.3 Å². The van der Waals surface area contributed by atoms with Crippen molar-refractivity contribution in [2.75, 3.05) is 34.2 Å². The Morgan fingerprint density at radius 1 is 0.692 bits per heavy atom. The summed E-state index contributed by atoms with van der Waals surface area (Å²) in [5.41, 5.74) is 0. The third-order valence-corrected chi connectivity index (χ3v) is 7.65. The number of hydrogen-bond donors (Lipinski definition) is 1. The maximum Gasteiger partial charge on any atom is 0.00982 e. The molecule has 3 aliphatic rings. The van der Waals surface area contributed by atoms with Crippen LogP contribution in [0.25, 0.3) is 0 Å². The Kier molecular flexibility index (Phi) is 8.27. The Morgan fingerprint density at radius 3 is 2.12 bits per heavy atom. The molecule has 3 rings (SSSR count). The SMILES string of the molecule is CN(C)CC1CCC(N(C)C2CCCC(CNC3CCCCC3)C2)CC1. The van der Waals surface area contributed by atoms with E-state index in [0.717, 1.165) is 30.0 Å². The summed E-state index contributed by atoms with van der Waals surface area (Å²) in [5, 5.41) is 3.93. The second-order valence-corrected chi connectivity index (χ2v) is 10.0. The molecule has 3 heteroatoms. The zero-order valence-corrected chi connectivity index (χ0v) is 17.9. The van der Waals surface area contributed by atoms with Crippen LogP contribution >= 0.6 is 0 Å². The summed E-state index contributed by atoms with van der Waals surface area (Å²) >= 11 is 0. The van der Waals surface area contributed by atoms with Gasteiger partial charge >= 0.3 is 0 Å². The molecule has 26 heavy (non-hydrogen) atoms. The predicted octanol–water partition coefficient (Wildman–Crippen LogP) is 4.52. The molecule has 2 unspecified atom stereocenters. The van der Waals surface area contributed by atoms with Crippen molar-refractivity contribution < 1.29 is 0 Å². The van der Waals surface area contributed by atoms with E-state index >= 15 is 0 Å². The molecule has 3 saturated carbocycles. The minimum absolute atomic E-state index is 0.828. The van der Waals surface area contributed by atoms with Gasteiger partial charge in [-0.3, -0.25) is 0 Å². The van der Waals surface area contributed by atoms with Crippen molar-refractivity contribution in [3.63, 3.8) is 0 Å². The molecule has 3 aliphatic carbocycles. The van der Waals surface area contributed by atoms with Crippen molar-refractivity contribution >= 4 is 0 Å². The van der Waals surface area contributed by atoms with Crippen LogP contribution in [0.3, 0.4) is 0 Å². The molecule has 0 bridgehead atoms. The molecule has 0 heterocycles. The first-order valence-corrected chi connectivity index (χ1v) is 11.7. The monoisotopic (exact) mass is 363 g/mol. The largest absolute Gasteiger partial charge is 0.314 e. The Balaban J connectivity index is 1.39. The standard InChI is InChI=1S/C23H45N3/c1-25(2)18-19-12-14-22(15-13-19)26(3)23-11-7-8-20(16-23)17-24-21-9-5-4-6-10-21/h19-24H,4-18H2,1-3H3. The van der Waals surface area contributed by atoms with E-state index in [4.69, 9.17) is 0 Å². The molecular formula is C23H45N3. The van der Waals surface area contributed by atoms with Gasteiger partial charge in [-0.15, -0.1) is 0 Å². The Bertz CT molecular complexity index is 383. The van der Waals surface area contributed by atoms with Gasteiger partial charge < -0.3 is 15.1 Å². The van der Waals surface area contributed by atoms with E-state index in [-0.39, 0.29) is 0 Å². The quantitative estimate of drug-likeness (QED) is 0.717. The van der Waals surface area contributed by atoms with Gasteiger partial charge in [0, 0.05) is 24.7 Å². The number of nitrogens with zero attached hydrogens (tertiary/aromatic N) is 2. The van der Waals surface area contributed by atoms with Crippen molar-refractivity contribution in [3.8, 4) is 0 Å². The molecule has 0 aromatic rings. The molecule has 1 N–H and O–H groups in total. The summed E-state index contributed by atoms with van der Waals surface area (Å²) in [5.74, 6) is 1.86. The van der Waals surface area contributed by atoms with Gasteiger partial charge in [0.15, 0.2) is 0 Å². The van der Waals surface area contributed by atoms with Gasteiger partial charge in [-0.2, -0.15) is 0 Å². The molecule has 0 saturated heterocycles. The fourth-order valence-electron chi connectivity index (χ4n) is 6.01. The van der Waals surface area contributed by atoms with Crippen LogP contribution < -0.4 is 5.32 Å². The van der Waals surface area contributed by atoms with Crippen molar-refractivity contribution in [2.24, 2.45) is 11.8 Å². The van der Waals surface area contributed by atoms with Crippen molar-refractivity contribution in [1.82, 2.24) is 15.1 Å². The first kappa shape index (κ1) is 20.6. The van der Waals surface area contributed by atoms with Crippen LogP contribution in [0.5, 0.6) is 0 Å². The number of rotatable bonds is 7. The molecule has 0 radical (unpaired) electrons. The van der Waals surface area contributed by atoms with Crippen LogP contribution in [-0.4, -0.2) is 62.2 Å². The van der Waals surface area contributed by atoms with Crippen LogP contribution in [-0.2, 0) is 0 Å². The van der Waals surface area contributed by atoms with E-state index in [0.29, 0.717) is 0 Å². The highest BCUT2D eigenvalue weighted by Crippen LogP contribution is 2.33. The first-order valence-electron chi connectivity index (χ1n) is 11.7. The van der Waals surface area contributed by atoms with Crippen molar-refractivity contribution in [3.05, 3.63) is 0 Å². The molecule has 3 fully saturated rings. The van der Waals surface area contributed by atoms with Crippen LogP contribution in [0.4, 0.5) is 0 Å². The molecule has 3 nitrogen and oxygen atoms in total. The van der Waals surface area contributed by atoms with Crippen LogP contribution in [0.2, 0.25) is 0 Å². The molecule has 152 valence electrons. The Hall–Kier alpha value is -0.120. The van der Waals surface area contributed by atoms with Crippen molar-refractivity contribution in [2.45, 2.75) is 102 Å². The molecular weight excluding hydrogens is 318 g/mol. The first-order chi connectivity index (χ1) is 12.6.